The molecule has 4 rings (SSSR count). The molecule has 29 heavy (non-hydrogen) atoms. The van der Waals surface area contributed by atoms with E-state index in [1.807, 2.05) is 0 Å². The summed E-state index contributed by atoms with van der Waals surface area (Å²) in [6, 6.07) is 11.3. The van der Waals surface area contributed by atoms with Crippen LogP contribution in [0.3, 0.4) is 0 Å². The maximum absolute atomic E-state index is 12.6. The van der Waals surface area contributed by atoms with Crippen LogP contribution in [0.4, 0.5) is 11.4 Å². The number of carbonyl (C=O) groups is 3. The van der Waals surface area contributed by atoms with Gasteiger partial charge in [-0.25, -0.2) is 4.79 Å². The van der Waals surface area contributed by atoms with Crippen molar-refractivity contribution in [3.8, 4) is 5.75 Å². The Hall–Kier alpha value is -3.55. The SMILES string of the molecule is O=C(Oc1ccc(N2C(=O)C3CCCCC3C2=O)cc1)c1ccc([N+](=O)[O-])cc1. The largest absolute Gasteiger partial charge is 0.423 e. The molecule has 2 fully saturated rings. The minimum atomic E-state index is -0.660. The molecule has 148 valence electrons. The highest BCUT2D eigenvalue weighted by atomic mass is 16.6. The zero-order valence-electron chi connectivity index (χ0n) is 15.4. The monoisotopic (exact) mass is 394 g/mol. The lowest BCUT2D eigenvalue weighted by Crippen LogP contribution is -2.30. The van der Waals surface area contributed by atoms with E-state index < -0.39 is 10.9 Å². The van der Waals surface area contributed by atoms with E-state index in [0.717, 1.165) is 25.7 Å². The standard InChI is InChI=1S/C21H18N2O6/c24-19-17-3-1-2-4-18(17)20(25)22(19)14-9-11-16(12-10-14)29-21(26)13-5-7-15(8-6-13)23(27)28/h5-12,17-18H,1-4H2. The van der Waals surface area contributed by atoms with Crippen LogP contribution in [0.2, 0.25) is 0 Å². The van der Waals surface area contributed by atoms with Crippen molar-refractivity contribution in [2.45, 2.75) is 25.7 Å². The summed E-state index contributed by atoms with van der Waals surface area (Å²) in [5, 5.41) is 10.7. The second-order valence-corrected chi connectivity index (χ2v) is 7.20. The summed E-state index contributed by atoms with van der Waals surface area (Å²) in [6.45, 7) is 0. The summed E-state index contributed by atoms with van der Waals surface area (Å²) in [6.07, 6.45) is 3.42. The summed E-state index contributed by atoms with van der Waals surface area (Å²) >= 11 is 0. The van der Waals surface area contributed by atoms with E-state index in [0.29, 0.717) is 5.69 Å². The fourth-order valence-corrected chi connectivity index (χ4v) is 3.97. The molecule has 0 bridgehead atoms. The zero-order valence-corrected chi connectivity index (χ0v) is 15.4. The van der Waals surface area contributed by atoms with Gasteiger partial charge in [0.15, 0.2) is 0 Å². The molecule has 2 amide bonds. The van der Waals surface area contributed by atoms with Gasteiger partial charge in [0, 0.05) is 12.1 Å². The van der Waals surface area contributed by atoms with Crippen molar-refractivity contribution >= 4 is 29.2 Å². The lowest BCUT2D eigenvalue weighted by atomic mass is 9.81. The molecule has 1 saturated carbocycles. The molecule has 2 aliphatic rings. The van der Waals surface area contributed by atoms with Crippen LogP contribution in [0.1, 0.15) is 36.0 Å². The van der Waals surface area contributed by atoms with Crippen molar-refractivity contribution in [2.75, 3.05) is 4.90 Å². The van der Waals surface area contributed by atoms with Crippen LogP contribution in [0, 0.1) is 22.0 Å². The number of hydrogen-bond donors (Lipinski definition) is 0. The van der Waals surface area contributed by atoms with Gasteiger partial charge in [0.2, 0.25) is 11.8 Å². The molecule has 0 radical (unpaired) electrons. The number of non-ortho nitro benzene ring substituents is 1. The maximum Gasteiger partial charge on any atom is 0.343 e. The van der Waals surface area contributed by atoms with Crippen molar-refractivity contribution in [3.63, 3.8) is 0 Å². The van der Waals surface area contributed by atoms with Crippen LogP contribution in [-0.2, 0) is 9.59 Å². The number of nitro groups is 1. The fourth-order valence-electron chi connectivity index (χ4n) is 3.97. The fraction of sp³-hybridized carbons (Fsp3) is 0.286. The second-order valence-electron chi connectivity index (χ2n) is 7.20. The predicted octanol–water partition coefficient (Wildman–Crippen LogP) is 3.49. The number of carbonyl (C=O) groups excluding carboxylic acids is 3. The number of esters is 1. The Balaban J connectivity index is 1.46. The molecule has 8 nitrogen and oxygen atoms in total. The van der Waals surface area contributed by atoms with Crippen molar-refractivity contribution in [2.24, 2.45) is 11.8 Å². The van der Waals surface area contributed by atoms with Gasteiger partial charge in [0.25, 0.3) is 5.69 Å². The number of rotatable bonds is 4. The Labute approximate surface area is 166 Å². The molecule has 1 aliphatic carbocycles. The Morgan fingerprint density at radius 3 is 2.00 bits per heavy atom. The van der Waals surface area contributed by atoms with Gasteiger partial charge in [0.1, 0.15) is 5.75 Å². The average Bonchev–Trinajstić information content (AvgIpc) is 2.99. The Morgan fingerprint density at radius 2 is 1.48 bits per heavy atom. The van der Waals surface area contributed by atoms with Gasteiger partial charge in [-0.3, -0.25) is 24.6 Å². The van der Waals surface area contributed by atoms with Gasteiger partial charge in [0.05, 0.1) is 28.0 Å². The van der Waals surface area contributed by atoms with E-state index in [1.165, 1.54) is 41.3 Å². The van der Waals surface area contributed by atoms with Crippen LogP contribution >= 0.6 is 0 Å². The molecule has 2 aromatic carbocycles. The van der Waals surface area contributed by atoms with Gasteiger partial charge in [-0.05, 0) is 49.2 Å². The Kier molecular flexibility index (Phi) is 4.84. The normalized spacial score (nSPS) is 21.0. The summed E-state index contributed by atoms with van der Waals surface area (Å²) in [4.78, 5) is 48.9. The molecule has 2 atom stereocenters. The zero-order chi connectivity index (χ0) is 20.5. The van der Waals surface area contributed by atoms with Crippen molar-refractivity contribution in [1.29, 1.82) is 0 Å². The molecule has 0 N–H and O–H groups in total. The number of nitrogens with zero attached hydrogens (tertiary/aromatic N) is 2. The highest BCUT2D eigenvalue weighted by Gasteiger charge is 2.48. The third-order valence-corrected chi connectivity index (χ3v) is 5.46. The predicted molar refractivity (Wildman–Crippen MR) is 102 cm³/mol. The first kappa shape index (κ1) is 18.8. The molecule has 2 unspecified atom stereocenters. The summed E-state index contributed by atoms with van der Waals surface area (Å²) in [5.74, 6) is -1.18. The van der Waals surface area contributed by atoms with Crippen molar-refractivity contribution in [1.82, 2.24) is 0 Å². The number of nitro benzene ring substituents is 1. The average molecular weight is 394 g/mol. The van der Waals surface area contributed by atoms with E-state index in [2.05, 4.69) is 0 Å². The van der Waals surface area contributed by atoms with E-state index in [-0.39, 0.29) is 40.7 Å². The summed E-state index contributed by atoms with van der Waals surface area (Å²) < 4.78 is 5.27. The topological polar surface area (TPSA) is 107 Å². The molecule has 2 aromatic rings. The lowest BCUT2D eigenvalue weighted by molar-refractivity contribution is -0.384. The quantitative estimate of drug-likeness (QED) is 0.258. The summed E-state index contributed by atoms with van der Waals surface area (Å²) in [7, 11) is 0. The van der Waals surface area contributed by atoms with Gasteiger partial charge in [-0.1, -0.05) is 12.8 Å². The van der Waals surface area contributed by atoms with Crippen LogP contribution in [0.25, 0.3) is 0 Å². The molecular weight excluding hydrogens is 376 g/mol. The minimum absolute atomic E-state index is 0.119. The van der Waals surface area contributed by atoms with Crippen LogP contribution in [0.5, 0.6) is 5.75 Å². The van der Waals surface area contributed by atoms with Crippen LogP contribution < -0.4 is 9.64 Å². The van der Waals surface area contributed by atoms with Gasteiger partial charge in [-0.2, -0.15) is 0 Å². The second kappa shape index (κ2) is 7.46. The smallest absolute Gasteiger partial charge is 0.343 e. The van der Waals surface area contributed by atoms with Crippen molar-refractivity contribution < 1.29 is 24.0 Å². The van der Waals surface area contributed by atoms with E-state index in [9.17, 15) is 24.5 Å². The molecule has 0 aromatic heterocycles. The first-order valence-corrected chi connectivity index (χ1v) is 9.40. The van der Waals surface area contributed by atoms with Crippen LogP contribution in [0.15, 0.2) is 48.5 Å². The number of ether oxygens (including phenoxy) is 1. The van der Waals surface area contributed by atoms with E-state index in [1.54, 1.807) is 12.1 Å². The number of amides is 2. The molecular formula is C21H18N2O6. The first-order chi connectivity index (χ1) is 14.0. The van der Waals surface area contributed by atoms with Gasteiger partial charge < -0.3 is 4.74 Å². The Morgan fingerprint density at radius 1 is 0.931 bits per heavy atom. The Bertz CT molecular complexity index is 959. The number of anilines is 1. The van der Waals surface area contributed by atoms with Gasteiger partial charge >= 0.3 is 5.97 Å². The minimum Gasteiger partial charge on any atom is -0.423 e. The number of benzene rings is 2. The van der Waals surface area contributed by atoms with Gasteiger partial charge in [-0.15, -0.1) is 0 Å². The molecule has 1 saturated heterocycles. The highest BCUT2D eigenvalue weighted by molar-refractivity contribution is 6.22. The van der Waals surface area contributed by atoms with Crippen LogP contribution in [-0.4, -0.2) is 22.7 Å². The number of imide groups is 1. The number of hydrogen-bond acceptors (Lipinski definition) is 6. The van der Waals surface area contributed by atoms with E-state index >= 15 is 0 Å². The lowest BCUT2D eigenvalue weighted by Gasteiger charge is -2.19. The molecule has 1 heterocycles. The summed E-state index contributed by atoms with van der Waals surface area (Å²) in [5.41, 5.74) is 0.518. The molecule has 8 heteroatoms. The maximum atomic E-state index is 12.6. The molecule has 0 spiro atoms. The van der Waals surface area contributed by atoms with Crippen molar-refractivity contribution in [3.05, 3.63) is 64.2 Å². The molecule has 1 aliphatic heterocycles. The third-order valence-electron chi connectivity index (χ3n) is 5.46. The highest BCUT2D eigenvalue weighted by Crippen LogP contribution is 2.40. The first-order valence-electron chi connectivity index (χ1n) is 9.40. The third kappa shape index (κ3) is 3.49. The van der Waals surface area contributed by atoms with E-state index in [4.69, 9.17) is 4.74 Å². The number of fused-ring (bicyclic) bond motifs is 1.